The van der Waals surface area contributed by atoms with Crippen molar-refractivity contribution in [1.29, 1.82) is 0 Å². The van der Waals surface area contributed by atoms with Crippen molar-refractivity contribution in [3.05, 3.63) is 187 Å². The van der Waals surface area contributed by atoms with Gasteiger partial charge >= 0.3 is 0 Å². The highest BCUT2D eigenvalue weighted by Gasteiger charge is 2.20. The largest absolute Gasteiger partial charge is 0.456 e. The highest BCUT2D eigenvalue weighted by molar-refractivity contribution is 6.12. The Morgan fingerprint density at radius 3 is 2.06 bits per heavy atom. The number of allylic oxidation sites excluding steroid dienone is 7. The summed E-state index contributed by atoms with van der Waals surface area (Å²) in [5, 5.41) is 4.33. The first-order valence-electron chi connectivity index (χ1n) is 17.8. The lowest BCUT2D eigenvalue weighted by atomic mass is 9.92. The Kier molecular flexibility index (Phi) is 8.18. The summed E-state index contributed by atoms with van der Waals surface area (Å²) in [5.74, 6) is 1.85. The molecule has 0 amide bonds. The molecule has 9 rings (SSSR count). The summed E-state index contributed by atoms with van der Waals surface area (Å²) in [6.45, 7) is 4.42. The number of rotatable bonds is 5. The van der Waals surface area contributed by atoms with Crippen LogP contribution in [0.2, 0.25) is 0 Å². The third-order valence-electron chi connectivity index (χ3n) is 9.78. The minimum Gasteiger partial charge on any atom is -0.456 e. The lowest BCUT2D eigenvalue weighted by Crippen LogP contribution is -2.01. The van der Waals surface area contributed by atoms with Gasteiger partial charge in [0.1, 0.15) is 11.2 Å². The first-order chi connectivity index (χ1) is 25.7. The van der Waals surface area contributed by atoms with Crippen molar-refractivity contribution < 1.29 is 4.42 Å². The van der Waals surface area contributed by atoms with Gasteiger partial charge in [-0.25, -0.2) is 15.0 Å². The Labute approximate surface area is 302 Å². The predicted molar refractivity (Wildman–Crippen MR) is 215 cm³/mol. The van der Waals surface area contributed by atoms with Gasteiger partial charge in [0.05, 0.1) is 0 Å². The molecule has 0 fully saturated rings. The minimum absolute atomic E-state index is 0.604. The molecule has 4 nitrogen and oxygen atoms in total. The van der Waals surface area contributed by atoms with E-state index in [0.717, 1.165) is 85.6 Å². The fraction of sp³-hybridized carbons (Fsp3) is 0.0625. The molecule has 6 aromatic carbocycles. The molecule has 0 atom stereocenters. The molecule has 4 heteroatoms. The molecule has 2 heterocycles. The maximum absolute atomic E-state index is 6.59. The van der Waals surface area contributed by atoms with Crippen molar-refractivity contribution in [3.8, 4) is 34.2 Å². The Morgan fingerprint density at radius 2 is 1.23 bits per heavy atom. The first-order valence-corrected chi connectivity index (χ1v) is 17.8. The van der Waals surface area contributed by atoms with Crippen LogP contribution in [-0.2, 0) is 0 Å². The molecule has 248 valence electrons. The van der Waals surface area contributed by atoms with Crippen LogP contribution in [0.5, 0.6) is 0 Å². The van der Waals surface area contributed by atoms with E-state index in [1.54, 1.807) is 0 Å². The molecule has 2 aromatic heterocycles. The summed E-state index contributed by atoms with van der Waals surface area (Å²) in [6.07, 6.45) is 11.7. The smallest absolute Gasteiger partial charge is 0.164 e. The quantitative estimate of drug-likeness (QED) is 0.183. The van der Waals surface area contributed by atoms with Gasteiger partial charge < -0.3 is 4.42 Å². The van der Waals surface area contributed by atoms with E-state index in [1.165, 1.54) is 11.0 Å². The van der Waals surface area contributed by atoms with E-state index in [2.05, 4.69) is 122 Å². The lowest BCUT2D eigenvalue weighted by Gasteiger charge is -2.14. The lowest BCUT2D eigenvalue weighted by molar-refractivity contribution is 0.669. The molecule has 52 heavy (non-hydrogen) atoms. The van der Waals surface area contributed by atoms with Crippen LogP contribution >= 0.6 is 0 Å². The summed E-state index contributed by atoms with van der Waals surface area (Å²) in [6, 6.07) is 48.0. The molecule has 0 bridgehead atoms. The van der Waals surface area contributed by atoms with Crippen LogP contribution in [0.3, 0.4) is 0 Å². The fourth-order valence-corrected chi connectivity index (χ4v) is 7.13. The highest BCUT2D eigenvalue weighted by Crippen LogP contribution is 2.40. The van der Waals surface area contributed by atoms with Crippen molar-refractivity contribution in [2.45, 2.75) is 19.3 Å². The van der Waals surface area contributed by atoms with Gasteiger partial charge in [-0.1, -0.05) is 146 Å². The molecule has 0 saturated carbocycles. The summed E-state index contributed by atoms with van der Waals surface area (Å²) in [7, 11) is 0. The number of benzene rings is 6. The highest BCUT2D eigenvalue weighted by atomic mass is 16.3. The number of para-hydroxylation sites is 1. The number of nitrogens with zero attached hydrogens (tertiary/aromatic N) is 3. The van der Waals surface area contributed by atoms with Crippen LogP contribution < -0.4 is 0 Å². The number of hydrogen-bond donors (Lipinski definition) is 0. The van der Waals surface area contributed by atoms with Crippen molar-refractivity contribution in [1.82, 2.24) is 15.0 Å². The summed E-state index contributed by atoms with van der Waals surface area (Å²) in [4.78, 5) is 15.5. The summed E-state index contributed by atoms with van der Waals surface area (Å²) < 4.78 is 6.59. The summed E-state index contributed by atoms with van der Waals surface area (Å²) >= 11 is 0. The van der Waals surface area contributed by atoms with E-state index >= 15 is 0 Å². The van der Waals surface area contributed by atoms with Crippen LogP contribution in [0.4, 0.5) is 0 Å². The maximum atomic E-state index is 6.59. The fourth-order valence-electron chi connectivity index (χ4n) is 7.13. The van der Waals surface area contributed by atoms with Crippen LogP contribution in [0.25, 0.3) is 78.0 Å². The molecular weight excluding hydrogens is 635 g/mol. The van der Waals surface area contributed by atoms with E-state index in [-0.39, 0.29) is 0 Å². The molecule has 0 spiro atoms. The van der Waals surface area contributed by atoms with Crippen molar-refractivity contribution in [2.24, 2.45) is 0 Å². The van der Waals surface area contributed by atoms with Gasteiger partial charge in [-0.05, 0) is 82.1 Å². The predicted octanol–water partition coefficient (Wildman–Crippen LogP) is 12.7. The molecular formula is C48H35N3O. The van der Waals surface area contributed by atoms with Gasteiger partial charge in [0.25, 0.3) is 0 Å². The molecule has 0 N–H and O–H groups in total. The Morgan fingerprint density at radius 1 is 0.538 bits per heavy atom. The van der Waals surface area contributed by atoms with Crippen LogP contribution in [-0.4, -0.2) is 15.0 Å². The van der Waals surface area contributed by atoms with E-state index in [4.69, 9.17) is 19.4 Å². The van der Waals surface area contributed by atoms with Gasteiger partial charge in [-0.15, -0.1) is 0 Å². The second kappa shape index (κ2) is 13.6. The minimum atomic E-state index is 0.604. The third kappa shape index (κ3) is 6.05. The Hall–Kier alpha value is -6.65. The zero-order chi connectivity index (χ0) is 34.9. The second-order valence-electron chi connectivity index (χ2n) is 13.2. The zero-order valence-electron chi connectivity index (χ0n) is 28.7. The standard InChI is InChI=1S/C48H35N3O/c1-32-15-5-2-6-16-34(27-28-40(32)35-18-7-3-8-19-35)39-30-42(45-41-23-13-14-24-43(41)52-44(45)31-39)48-50-46(36-20-9-4-10-21-36)49-47(51-48)38-26-25-33-17-11-12-22-37(33)29-38/h3-5,7-15,17-31H,1-2,6,16H2/b15-5-,34-27+,40-28+. The van der Waals surface area contributed by atoms with E-state index < -0.39 is 0 Å². The topological polar surface area (TPSA) is 51.8 Å². The molecule has 0 radical (unpaired) electrons. The van der Waals surface area contributed by atoms with Crippen LogP contribution in [0.15, 0.2) is 180 Å². The summed E-state index contributed by atoms with van der Waals surface area (Å²) in [5.41, 5.74) is 9.94. The van der Waals surface area contributed by atoms with Gasteiger partial charge in [0.15, 0.2) is 17.5 Å². The van der Waals surface area contributed by atoms with E-state index in [0.29, 0.717) is 17.5 Å². The molecule has 0 aliphatic heterocycles. The first kappa shape index (κ1) is 31.3. The van der Waals surface area contributed by atoms with Gasteiger partial charge in [0.2, 0.25) is 0 Å². The zero-order valence-corrected chi connectivity index (χ0v) is 28.7. The molecule has 0 unspecified atom stereocenters. The average Bonchev–Trinajstić information content (AvgIpc) is 3.59. The van der Waals surface area contributed by atoms with Crippen LogP contribution in [0, 0.1) is 0 Å². The van der Waals surface area contributed by atoms with E-state index in [9.17, 15) is 0 Å². The van der Waals surface area contributed by atoms with Gasteiger partial charge in [-0.3, -0.25) is 0 Å². The van der Waals surface area contributed by atoms with Crippen molar-refractivity contribution >= 4 is 43.9 Å². The molecule has 8 aromatic rings. The van der Waals surface area contributed by atoms with Crippen LogP contribution in [0.1, 0.15) is 30.4 Å². The van der Waals surface area contributed by atoms with Crippen molar-refractivity contribution in [2.75, 3.05) is 0 Å². The molecule has 0 saturated heterocycles. The number of aromatic nitrogens is 3. The molecule has 1 aliphatic rings. The molecule has 1 aliphatic carbocycles. The maximum Gasteiger partial charge on any atom is 0.164 e. The second-order valence-corrected chi connectivity index (χ2v) is 13.2. The number of fused-ring (bicyclic) bond motifs is 4. The average molecular weight is 670 g/mol. The Balaban J connectivity index is 1.28. The van der Waals surface area contributed by atoms with Gasteiger partial charge in [-0.2, -0.15) is 0 Å². The van der Waals surface area contributed by atoms with E-state index in [1.807, 2.05) is 48.5 Å². The Bertz CT molecular complexity index is 2720. The SMILES string of the molecule is C=C1/C=C\CCC/C(c2cc(-c3nc(-c4ccccc4)nc(-c4ccc5ccccc5c4)n3)c3c(c2)oc2ccccc23)=C\C=C/1c1ccccc1. The van der Waals surface area contributed by atoms with Gasteiger partial charge in [0, 0.05) is 27.5 Å². The number of furan rings is 1. The number of hydrogen-bond acceptors (Lipinski definition) is 4. The normalized spacial score (nSPS) is 16.3. The monoisotopic (exact) mass is 669 g/mol. The third-order valence-corrected chi connectivity index (χ3v) is 9.78. The van der Waals surface area contributed by atoms with Crippen molar-refractivity contribution in [3.63, 3.8) is 0 Å².